The summed E-state index contributed by atoms with van der Waals surface area (Å²) in [5, 5.41) is 20.4. The lowest BCUT2D eigenvalue weighted by atomic mass is 9.77. The van der Waals surface area contributed by atoms with Gasteiger partial charge in [-0.3, -0.25) is 0 Å². The maximum absolute atomic E-state index is 13.5. The fourth-order valence-electron chi connectivity index (χ4n) is 6.97. The van der Waals surface area contributed by atoms with Crippen molar-refractivity contribution >= 4 is 18.3 Å². The molecule has 0 bridgehead atoms. The van der Waals surface area contributed by atoms with Crippen LogP contribution in [0.5, 0.6) is 34.5 Å². The molecular weight excluding hydrogens is 785 g/mol. The lowest BCUT2D eigenvalue weighted by molar-refractivity contribution is 0.0206. The number of benzene rings is 6. The Hall–Kier alpha value is -7.07. The number of hydrogen-bond donors (Lipinski definition) is 2. The molecule has 0 aromatic heterocycles. The average Bonchev–Trinajstić information content (AvgIpc) is 3.21. The Labute approximate surface area is 362 Å². The zero-order valence-corrected chi connectivity index (χ0v) is 36.4. The molecule has 0 heterocycles. The van der Waals surface area contributed by atoms with Crippen molar-refractivity contribution in [3.8, 4) is 34.5 Å². The summed E-state index contributed by atoms with van der Waals surface area (Å²) in [6.07, 6.45) is -1.66. The van der Waals surface area contributed by atoms with Crippen molar-refractivity contribution in [2.45, 2.75) is 84.2 Å². The molecule has 0 fully saturated rings. The highest BCUT2D eigenvalue weighted by Crippen LogP contribution is 2.37. The van der Waals surface area contributed by atoms with Gasteiger partial charge in [-0.1, -0.05) is 108 Å². The first kappa shape index (κ1) is 44.5. The molecule has 0 spiro atoms. The van der Waals surface area contributed by atoms with Crippen LogP contribution in [0.1, 0.15) is 106 Å². The monoisotopic (exact) mass is 836 g/mol. The minimum Gasteiger partial charge on any atom is -0.508 e. The van der Waals surface area contributed by atoms with Crippen molar-refractivity contribution < 1.29 is 48.3 Å². The number of carbonyl (C=O) groups is 3. The molecule has 62 heavy (non-hydrogen) atoms. The zero-order valence-electron chi connectivity index (χ0n) is 36.4. The van der Waals surface area contributed by atoms with E-state index in [1.807, 2.05) is 74.5 Å². The first-order chi connectivity index (χ1) is 29.1. The molecule has 0 saturated carbocycles. The van der Waals surface area contributed by atoms with E-state index < -0.39 is 34.7 Å². The van der Waals surface area contributed by atoms with Crippen LogP contribution in [0, 0.1) is 0 Å². The Morgan fingerprint density at radius 1 is 0.387 bits per heavy atom. The van der Waals surface area contributed by atoms with Gasteiger partial charge in [0.05, 0.1) is 0 Å². The molecule has 0 aliphatic rings. The lowest BCUT2D eigenvalue weighted by Gasteiger charge is -2.27. The minimum atomic E-state index is -0.888. The molecule has 0 radical (unpaired) electrons. The summed E-state index contributed by atoms with van der Waals surface area (Å²) in [7, 11) is 0. The van der Waals surface area contributed by atoms with Gasteiger partial charge in [0.1, 0.15) is 45.7 Å². The van der Waals surface area contributed by atoms with E-state index in [0.29, 0.717) is 17.2 Å². The Morgan fingerprint density at radius 2 is 0.694 bits per heavy atom. The highest BCUT2D eigenvalue weighted by Gasteiger charge is 2.28. The molecule has 0 unspecified atom stereocenters. The van der Waals surface area contributed by atoms with Crippen molar-refractivity contribution in [2.24, 2.45) is 0 Å². The van der Waals surface area contributed by atoms with Crippen LogP contribution >= 0.6 is 0 Å². The zero-order chi connectivity index (χ0) is 45.0. The van der Waals surface area contributed by atoms with E-state index in [1.54, 1.807) is 93.6 Å². The minimum absolute atomic E-state index is 0.00770. The molecule has 6 aromatic carbocycles. The van der Waals surface area contributed by atoms with Crippen LogP contribution in [0.3, 0.4) is 0 Å². The van der Waals surface area contributed by atoms with Gasteiger partial charge in [0.25, 0.3) is 0 Å². The third-order valence-electron chi connectivity index (χ3n) is 11.0. The second-order valence-electron chi connectivity index (χ2n) is 17.7. The summed E-state index contributed by atoms with van der Waals surface area (Å²) in [5.41, 5.74) is 3.47. The number of phenolic OH excluding ortho intramolecular Hbond substituents is 2. The van der Waals surface area contributed by atoms with Gasteiger partial charge < -0.3 is 33.9 Å². The van der Waals surface area contributed by atoms with Gasteiger partial charge in [-0.05, 0) is 127 Å². The van der Waals surface area contributed by atoms with Crippen LogP contribution in [-0.4, -0.2) is 34.1 Å². The van der Waals surface area contributed by atoms with E-state index in [2.05, 4.69) is 27.7 Å². The van der Waals surface area contributed by atoms with Crippen molar-refractivity contribution in [3.63, 3.8) is 0 Å². The molecule has 320 valence electrons. The molecule has 6 aromatic rings. The van der Waals surface area contributed by atoms with Crippen molar-refractivity contribution in [3.05, 3.63) is 178 Å². The predicted molar refractivity (Wildman–Crippen MR) is 237 cm³/mol. The number of phenols is 2. The number of carbonyl (C=O) groups excluding carboxylic acids is 3. The van der Waals surface area contributed by atoms with E-state index in [9.17, 15) is 24.6 Å². The largest absolute Gasteiger partial charge is 0.519 e. The van der Waals surface area contributed by atoms with E-state index in [1.165, 1.54) is 6.07 Å². The summed E-state index contributed by atoms with van der Waals surface area (Å²) >= 11 is 0. The van der Waals surface area contributed by atoms with E-state index in [-0.39, 0.29) is 28.2 Å². The molecule has 0 atom stereocenters. The number of aromatic hydroxyl groups is 2. The van der Waals surface area contributed by atoms with Crippen LogP contribution < -0.4 is 18.9 Å². The number of ether oxygens (including phenoxy) is 5. The van der Waals surface area contributed by atoms with Gasteiger partial charge in [0.15, 0.2) is 0 Å². The van der Waals surface area contributed by atoms with Crippen molar-refractivity contribution in [1.82, 2.24) is 0 Å². The smallest absolute Gasteiger partial charge is 0.508 e. The molecule has 0 aliphatic carbocycles. The van der Waals surface area contributed by atoms with Crippen LogP contribution in [0.25, 0.3) is 0 Å². The van der Waals surface area contributed by atoms with Crippen molar-refractivity contribution in [1.29, 1.82) is 0 Å². The van der Waals surface area contributed by atoms with Gasteiger partial charge >= 0.3 is 18.3 Å². The van der Waals surface area contributed by atoms with Gasteiger partial charge in [0.2, 0.25) is 0 Å². The van der Waals surface area contributed by atoms with E-state index in [0.717, 1.165) is 33.4 Å². The molecule has 10 heteroatoms. The summed E-state index contributed by atoms with van der Waals surface area (Å²) in [6.45, 7) is 17.5. The lowest BCUT2D eigenvalue weighted by Crippen LogP contribution is -2.26. The van der Waals surface area contributed by atoms with Gasteiger partial charge in [-0.2, -0.15) is 0 Å². The maximum atomic E-state index is 13.5. The third kappa shape index (κ3) is 10.4. The third-order valence-corrected chi connectivity index (χ3v) is 11.0. The Morgan fingerprint density at radius 3 is 1.06 bits per heavy atom. The fourth-order valence-corrected chi connectivity index (χ4v) is 6.97. The van der Waals surface area contributed by atoms with E-state index in [4.69, 9.17) is 23.7 Å². The van der Waals surface area contributed by atoms with Crippen molar-refractivity contribution in [2.75, 3.05) is 0 Å². The van der Waals surface area contributed by atoms with Crippen LogP contribution in [0.4, 0.5) is 9.59 Å². The first-order valence-corrected chi connectivity index (χ1v) is 20.2. The molecule has 0 aliphatic heterocycles. The summed E-state index contributed by atoms with van der Waals surface area (Å²) in [5.74, 6) is 0.552. The average molecular weight is 837 g/mol. The number of hydrogen-bond acceptors (Lipinski definition) is 10. The summed E-state index contributed by atoms with van der Waals surface area (Å²) in [6, 6.07) is 40.4. The molecular formula is C52H52O10. The molecule has 6 rings (SSSR count). The molecule has 0 amide bonds. The fraction of sp³-hybridized carbons (Fsp3) is 0.250. The molecule has 0 saturated heterocycles. The Bertz CT molecular complexity index is 2530. The highest BCUT2D eigenvalue weighted by molar-refractivity contribution is 5.94. The number of rotatable bonds is 11. The first-order valence-electron chi connectivity index (χ1n) is 20.2. The maximum Gasteiger partial charge on any atom is 0.519 e. The topological polar surface area (TPSA) is 138 Å². The van der Waals surface area contributed by atoms with Gasteiger partial charge in [0, 0.05) is 16.2 Å². The summed E-state index contributed by atoms with van der Waals surface area (Å²) in [4.78, 5) is 38.3. The second-order valence-corrected chi connectivity index (χ2v) is 17.7. The predicted octanol–water partition coefficient (Wildman–Crippen LogP) is 12.2. The van der Waals surface area contributed by atoms with Gasteiger partial charge in [-0.25, -0.2) is 14.4 Å². The Kier molecular flexibility index (Phi) is 12.6. The van der Waals surface area contributed by atoms with Gasteiger partial charge in [-0.15, -0.1) is 0 Å². The quantitative estimate of drug-likeness (QED) is 0.0737. The molecule has 10 nitrogen and oxygen atoms in total. The van der Waals surface area contributed by atoms with Crippen LogP contribution in [-0.2, 0) is 21.0 Å². The highest BCUT2D eigenvalue weighted by atomic mass is 16.7. The molecule has 2 N–H and O–H groups in total. The van der Waals surface area contributed by atoms with Crippen LogP contribution in [0.2, 0.25) is 0 Å². The number of esters is 1. The Balaban J connectivity index is 1.06. The SMILES string of the molecule is CC(C)(C)OC(=O)Oc1ccc(C(C)(C)c2ccc(OC(=O)c3cc(C(C)(C)c4ccc(OC(=O)Oc5ccc(C(C)(C)c6ccc(O)cc6)cc5)cc4)ccc3O)cc2)cc1. The second kappa shape index (κ2) is 17.5. The van der Waals surface area contributed by atoms with E-state index >= 15 is 0 Å². The summed E-state index contributed by atoms with van der Waals surface area (Å²) < 4.78 is 27.2. The van der Waals surface area contributed by atoms with Crippen LogP contribution in [0.15, 0.2) is 140 Å². The standard InChI is InChI=1S/C52H52O10/c1-49(2,3)62-48(57)61-43-29-16-36(17-30-43)51(6,7)34-12-23-40(24-13-34)58-46(55)44-32-38(20-31-45(44)54)52(8,9)37-18-27-42(28-19-37)60-47(56)59-41-25-14-35(15-26-41)50(4,5)33-10-21-39(53)22-11-33/h10-32,53-54H,1-9H3. The normalized spacial score (nSPS) is 12.0.